The van der Waals surface area contributed by atoms with Crippen LogP contribution in [0.1, 0.15) is 25.0 Å². The summed E-state index contributed by atoms with van der Waals surface area (Å²) in [4.78, 5) is 15.6. The van der Waals surface area contributed by atoms with Gasteiger partial charge < -0.3 is 4.90 Å². The Morgan fingerprint density at radius 1 is 1.21 bits per heavy atom. The normalized spacial score (nSPS) is 17.7. The average molecular weight is 274 g/mol. The number of likely N-dealkylation sites (N-methyl/N-ethyl adjacent to an activating group) is 2. The molecule has 1 fully saturated rings. The first-order valence-corrected chi connectivity index (χ1v) is 6.89. The Morgan fingerprint density at radius 3 is 2.32 bits per heavy atom. The summed E-state index contributed by atoms with van der Waals surface area (Å²) >= 11 is 5.26. The topological polar surface area (TPSA) is 23.6 Å². The number of benzene rings is 1. The van der Waals surface area contributed by atoms with Gasteiger partial charge in [0, 0.05) is 13.6 Å². The molecular weight excluding hydrogens is 256 g/mol. The van der Waals surface area contributed by atoms with Gasteiger partial charge >= 0.3 is 0 Å². The van der Waals surface area contributed by atoms with E-state index in [-0.39, 0.29) is 5.91 Å². The van der Waals surface area contributed by atoms with Gasteiger partial charge in [-0.15, -0.1) is 0 Å². The van der Waals surface area contributed by atoms with Crippen molar-refractivity contribution in [2.24, 2.45) is 0 Å². The van der Waals surface area contributed by atoms with Crippen LogP contribution in [0.2, 0.25) is 0 Å². The fraction of sp³-hybridized carbons (Fsp3) is 0.333. The van der Waals surface area contributed by atoms with Crippen molar-refractivity contribution in [2.75, 3.05) is 13.6 Å². The Labute approximate surface area is 119 Å². The number of thiocarbonyl (C=S) groups is 1. The Morgan fingerprint density at radius 2 is 1.84 bits per heavy atom. The maximum atomic E-state index is 12.2. The largest absolute Gasteiger partial charge is 0.317 e. The molecule has 1 amide bonds. The maximum absolute atomic E-state index is 12.2. The summed E-state index contributed by atoms with van der Waals surface area (Å²) < 4.78 is 0. The minimum atomic E-state index is -0.0189. The van der Waals surface area contributed by atoms with E-state index in [0.717, 1.165) is 12.0 Å². The first-order valence-electron chi connectivity index (χ1n) is 6.48. The van der Waals surface area contributed by atoms with E-state index in [2.05, 4.69) is 19.1 Å². The van der Waals surface area contributed by atoms with Crippen LogP contribution in [0.5, 0.6) is 0 Å². The van der Waals surface area contributed by atoms with Crippen molar-refractivity contribution in [3.8, 4) is 0 Å². The Kier molecular flexibility index (Phi) is 4.00. The first kappa shape index (κ1) is 13.7. The maximum Gasteiger partial charge on any atom is 0.276 e. The zero-order chi connectivity index (χ0) is 14.0. The highest BCUT2D eigenvalue weighted by atomic mass is 32.1. The molecule has 0 bridgehead atoms. The third kappa shape index (κ3) is 2.54. The third-order valence-corrected chi connectivity index (χ3v) is 3.85. The quantitative estimate of drug-likeness (QED) is 0.625. The van der Waals surface area contributed by atoms with Crippen molar-refractivity contribution in [3.63, 3.8) is 0 Å². The Balaban J connectivity index is 2.32. The minimum Gasteiger partial charge on any atom is -0.317 e. The SMILES string of the molecule is CCc1ccc(/C=C2/C(=O)N(CC)C(=S)N2C)cc1. The smallest absolute Gasteiger partial charge is 0.276 e. The summed E-state index contributed by atoms with van der Waals surface area (Å²) in [5.74, 6) is -0.0189. The molecule has 19 heavy (non-hydrogen) atoms. The molecule has 0 atom stereocenters. The summed E-state index contributed by atoms with van der Waals surface area (Å²) in [6, 6.07) is 8.23. The highest BCUT2D eigenvalue weighted by Crippen LogP contribution is 2.21. The highest BCUT2D eigenvalue weighted by Gasteiger charge is 2.34. The van der Waals surface area contributed by atoms with E-state index >= 15 is 0 Å². The molecule has 3 nitrogen and oxygen atoms in total. The van der Waals surface area contributed by atoms with Gasteiger partial charge in [0.25, 0.3) is 5.91 Å². The van der Waals surface area contributed by atoms with Crippen molar-refractivity contribution in [3.05, 3.63) is 41.1 Å². The van der Waals surface area contributed by atoms with E-state index in [1.54, 1.807) is 9.80 Å². The predicted octanol–water partition coefficient (Wildman–Crippen LogP) is 2.67. The van der Waals surface area contributed by atoms with Crippen LogP contribution in [-0.2, 0) is 11.2 Å². The number of rotatable bonds is 3. The van der Waals surface area contributed by atoms with E-state index in [4.69, 9.17) is 12.2 Å². The molecule has 100 valence electrons. The predicted molar refractivity (Wildman–Crippen MR) is 81.5 cm³/mol. The lowest BCUT2D eigenvalue weighted by atomic mass is 10.1. The van der Waals surface area contributed by atoms with Gasteiger partial charge in [-0.1, -0.05) is 31.2 Å². The fourth-order valence-corrected chi connectivity index (χ4v) is 2.41. The molecule has 1 heterocycles. The number of hydrogen-bond donors (Lipinski definition) is 0. The van der Waals surface area contributed by atoms with Gasteiger partial charge in [0.2, 0.25) is 0 Å². The van der Waals surface area contributed by atoms with Crippen LogP contribution in [0.4, 0.5) is 0 Å². The van der Waals surface area contributed by atoms with Crippen molar-refractivity contribution in [1.82, 2.24) is 9.80 Å². The van der Waals surface area contributed by atoms with Gasteiger partial charge in [0.1, 0.15) is 5.70 Å². The lowest BCUT2D eigenvalue weighted by molar-refractivity contribution is -0.122. The van der Waals surface area contributed by atoms with Gasteiger partial charge in [-0.05, 0) is 42.8 Å². The lowest BCUT2D eigenvalue weighted by Crippen LogP contribution is -2.30. The van der Waals surface area contributed by atoms with E-state index < -0.39 is 0 Å². The van der Waals surface area contributed by atoms with Crippen LogP contribution < -0.4 is 0 Å². The molecule has 2 rings (SSSR count). The van der Waals surface area contributed by atoms with E-state index in [1.807, 2.05) is 32.2 Å². The van der Waals surface area contributed by atoms with E-state index in [1.165, 1.54) is 5.56 Å². The number of carbonyl (C=O) groups is 1. The van der Waals surface area contributed by atoms with Crippen LogP contribution in [-0.4, -0.2) is 34.4 Å². The van der Waals surface area contributed by atoms with Gasteiger partial charge in [0.15, 0.2) is 5.11 Å². The number of nitrogens with zero attached hydrogens (tertiary/aromatic N) is 2. The summed E-state index contributed by atoms with van der Waals surface area (Å²) in [7, 11) is 1.84. The van der Waals surface area contributed by atoms with Gasteiger partial charge in [-0.2, -0.15) is 0 Å². The molecule has 0 radical (unpaired) electrons. The molecule has 0 N–H and O–H groups in total. The zero-order valence-corrected chi connectivity index (χ0v) is 12.3. The van der Waals surface area contributed by atoms with Crippen LogP contribution >= 0.6 is 12.2 Å². The number of aryl methyl sites for hydroxylation is 1. The standard InChI is InChI=1S/C15H18N2OS/c1-4-11-6-8-12(9-7-11)10-13-14(18)17(5-2)15(19)16(13)3/h6-10H,4-5H2,1-3H3/b13-10-. The second-order valence-corrected chi connectivity index (χ2v) is 4.88. The molecule has 0 aliphatic carbocycles. The molecule has 0 saturated carbocycles. The summed E-state index contributed by atoms with van der Waals surface area (Å²) in [5.41, 5.74) is 2.95. The van der Waals surface area contributed by atoms with Crippen molar-refractivity contribution in [1.29, 1.82) is 0 Å². The molecule has 4 heteroatoms. The minimum absolute atomic E-state index is 0.0189. The van der Waals surface area contributed by atoms with Crippen LogP contribution in [0.3, 0.4) is 0 Å². The average Bonchev–Trinajstić information content (AvgIpc) is 2.63. The highest BCUT2D eigenvalue weighted by molar-refractivity contribution is 7.80. The first-order chi connectivity index (χ1) is 9.08. The van der Waals surface area contributed by atoms with Crippen LogP contribution in [0, 0.1) is 0 Å². The summed E-state index contributed by atoms with van der Waals surface area (Å²) in [6.07, 6.45) is 2.91. The lowest BCUT2D eigenvalue weighted by Gasteiger charge is -2.13. The molecule has 1 aromatic carbocycles. The number of carbonyl (C=O) groups excluding carboxylic acids is 1. The molecule has 0 unspecified atom stereocenters. The van der Waals surface area contributed by atoms with Crippen LogP contribution in [0.25, 0.3) is 6.08 Å². The molecular formula is C15H18N2OS. The van der Waals surface area contributed by atoms with Gasteiger partial charge in [-0.25, -0.2) is 0 Å². The molecule has 0 spiro atoms. The molecule has 0 aromatic heterocycles. The van der Waals surface area contributed by atoms with Gasteiger partial charge in [0.05, 0.1) is 0 Å². The Bertz CT molecular complexity index is 534. The fourth-order valence-electron chi connectivity index (χ4n) is 2.10. The molecule has 1 aliphatic heterocycles. The molecule has 1 aliphatic rings. The second kappa shape index (κ2) is 5.53. The van der Waals surface area contributed by atoms with Crippen molar-refractivity contribution in [2.45, 2.75) is 20.3 Å². The zero-order valence-electron chi connectivity index (χ0n) is 11.5. The summed E-state index contributed by atoms with van der Waals surface area (Å²) in [5, 5.41) is 0.573. The van der Waals surface area contributed by atoms with Crippen LogP contribution in [0.15, 0.2) is 30.0 Å². The number of amides is 1. The molecule has 1 aromatic rings. The number of hydrogen-bond acceptors (Lipinski definition) is 2. The van der Waals surface area contributed by atoms with E-state index in [9.17, 15) is 4.79 Å². The monoisotopic (exact) mass is 274 g/mol. The molecule has 1 saturated heterocycles. The third-order valence-electron chi connectivity index (χ3n) is 3.35. The second-order valence-electron chi connectivity index (χ2n) is 4.52. The van der Waals surface area contributed by atoms with Gasteiger partial charge in [-0.3, -0.25) is 9.69 Å². The van der Waals surface area contributed by atoms with Crippen molar-refractivity contribution >= 4 is 29.3 Å². The summed E-state index contributed by atoms with van der Waals surface area (Å²) in [6.45, 7) is 4.66. The van der Waals surface area contributed by atoms with E-state index in [0.29, 0.717) is 17.4 Å². The van der Waals surface area contributed by atoms with Crippen molar-refractivity contribution < 1.29 is 4.79 Å². The Hall–Kier alpha value is -1.68.